The Morgan fingerprint density at radius 1 is 1.86 bits per heavy atom. The second kappa shape index (κ2) is 1.64. The molecule has 1 aliphatic rings. The van der Waals surface area contributed by atoms with E-state index in [0.29, 0.717) is 6.42 Å². The van der Waals surface area contributed by atoms with Crippen molar-refractivity contribution in [1.29, 1.82) is 0 Å². The summed E-state index contributed by atoms with van der Waals surface area (Å²) in [6.07, 6.45) is 3.99. The molecule has 0 atom stereocenters. The highest BCUT2D eigenvalue weighted by atomic mass is 16.1. The molecule has 0 aromatic carbocycles. The summed E-state index contributed by atoms with van der Waals surface area (Å²) in [6, 6.07) is 0. The monoisotopic (exact) mass is 95.0 g/mol. The van der Waals surface area contributed by atoms with Crippen LogP contribution in [0.25, 0.3) is 0 Å². The van der Waals surface area contributed by atoms with Gasteiger partial charge in [0, 0.05) is 6.21 Å². The van der Waals surface area contributed by atoms with E-state index in [1.54, 1.807) is 0 Å². The zero-order chi connectivity index (χ0) is 5.11. The van der Waals surface area contributed by atoms with E-state index in [0.717, 1.165) is 0 Å². The first-order valence-electron chi connectivity index (χ1n) is 1.89. The van der Waals surface area contributed by atoms with Crippen LogP contribution >= 0.6 is 0 Å². The Labute approximate surface area is 40.8 Å². The number of nitrogens with zero attached hydrogens (tertiary/aromatic N) is 2. The third-order valence-electron chi connectivity index (χ3n) is 0.590. The average Bonchev–Trinajstić information content (AvgIpc) is 1.69. The topological polar surface area (TPSA) is 41.8 Å². The third kappa shape index (κ3) is 0.924. The van der Waals surface area contributed by atoms with Gasteiger partial charge in [-0.3, -0.25) is 4.79 Å². The van der Waals surface area contributed by atoms with E-state index in [1.807, 2.05) is 0 Å². The molecule has 7 heavy (non-hydrogen) atoms. The molecule has 0 fully saturated rings. The molecule has 1 radical (unpaired) electrons. The highest BCUT2D eigenvalue weighted by Crippen LogP contribution is 1.84. The summed E-state index contributed by atoms with van der Waals surface area (Å²) in [5.74, 6) is -0.171. The molecule has 0 bridgehead atoms. The van der Waals surface area contributed by atoms with Crippen molar-refractivity contribution in [3.05, 3.63) is 0 Å². The molecule has 0 unspecified atom stereocenters. The number of carbonyl (C=O) groups excluding carboxylic acids is 1. The minimum absolute atomic E-state index is 0.171. The van der Waals surface area contributed by atoms with E-state index in [2.05, 4.69) is 16.3 Å². The normalized spacial score (nSPS) is 18.0. The van der Waals surface area contributed by atoms with Crippen LogP contribution in [-0.2, 0) is 4.79 Å². The van der Waals surface area contributed by atoms with Crippen LogP contribution in [0.2, 0.25) is 0 Å². The van der Waals surface area contributed by atoms with Gasteiger partial charge in [-0.25, -0.2) is 4.99 Å². The minimum Gasteiger partial charge on any atom is -0.272 e. The Balaban J connectivity index is 2.66. The van der Waals surface area contributed by atoms with Crippen LogP contribution in [0.15, 0.2) is 9.98 Å². The van der Waals surface area contributed by atoms with Gasteiger partial charge in [0.1, 0.15) is 0 Å². The molecule has 1 amide bonds. The number of amides is 1. The van der Waals surface area contributed by atoms with Crippen LogP contribution in [0.1, 0.15) is 6.42 Å². The lowest BCUT2D eigenvalue weighted by molar-refractivity contribution is -0.116. The van der Waals surface area contributed by atoms with E-state index in [1.165, 1.54) is 6.21 Å². The first-order valence-corrected chi connectivity index (χ1v) is 1.89. The number of hydrogen-bond donors (Lipinski definition) is 0. The highest BCUT2D eigenvalue weighted by Gasteiger charge is 1.95. The maximum Gasteiger partial charge on any atom is 0.253 e. The Hall–Kier alpha value is -0.990. The third-order valence-corrected chi connectivity index (χ3v) is 0.590. The maximum atomic E-state index is 10.1. The first kappa shape index (κ1) is 4.18. The summed E-state index contributed by atoms with van der Waals surface area (Å²) < 4.78 is 0. The van der Waals surface area contributed by atoms with Gasteiger partial charge in [0.05, 0.1) is 6.42 Å². The number of carbonyl (C=O) groups is 1. The van der Waals surface area contributed by atoms with E-state index in [9.17, 15) is 4.79 Å². The molecular formula is C4H3N2O. The fourth-order valence-electron chi connectivity index (χ4n) is 0.295. The van der Waals surface area contributed by atoms with Gasteiger partial charge in [-0.05, 0) is 0 Å². The van der Waals surface area contributed by atoms with E-state index in [-0.39, 0.29) is 5.91 Å². The maximum absolute atomic E-state index is 10.1. The van der Waals surface area contributed by atoms with Crippen molar-refractivity contribution in [1.82, 2.24) is 0 Å². The van der Waals surface area contributed by atoms with Crippen LogP contribution in [0.3, 0.4) is 0 Å². The smallest absolute Gasteiger partial charge is 0.253 e. The van der Waals surface area contributed by atoms with Crippen molar-refractivity contribution in [2.24, 2.45) is 9.98 Å². The molecule has 0 N–H and O–H groups in total. The van der Waals surface area contributed by atoms with Gasteiger partial charge >= 0.3 is 0 Å². The summed E-state index contributed by atoms with van der Waals surface area (Å²) in [5, 5.41) is 0. The molecule has 0 aromatic rings. The van der Waals surface area contributed by atoms with Crippen molar-refractivity contribution < 1.29 is 4.79 Å². The molecule has 0 aliphatic carbocycles. The predicted octanol–water partition coefficient (Wildman–Crippen LogP) is -0.107. The van der Waals surface area contributed by atoms with Crippen molar-refractivity contribution in [2.75, 3.05) is 0 Å². The molecule has 0 saturated heterocycles. The molecule has 1 heterocycles. The van der Waals surface area contributed by atoms with Gasteiger partial charge in [-0.2, -0.15) is 4.99 Å². The van der Waals surface area contributed by atoms with Gasteiger partial charge in [-0.15, -0.1) is 0 Å². The number of aliphatic imine (C=N–C) groups is 2. The second-order valence-electron chi connectivity index (χ2n) is 1.12. The molecule has 1 aliphatic heterocycles. The summed E-state index contributed by atoms with van der Waals surface area (Å²) in [5.41, 5.74) is 0. The highest BCUT2D eigenvalue weighted by molar-refractivity contribution is 5.99. The molecule has 1 rings (SSSR count). The lowest BCUT2D eigenvalue weighted by Gasteiger charge is -1.86. The number of rotatable bonds is 0. The first-order chi connectivity index (χ1) is 3.39. The quantitative estimate of drug-likeness (QED) is 0.414. The molecule has 0 spiro atoms. The Bertz CT molecular complexity index is 137. The summed E-state index contributed by atoms with van der Waals surface area (Å²) in [7, 11) is 0. The lowest BCUT2D eigenvalue weighted by atomic mass is 10.4. The van der Waals surface area contributed by atoms with Gasteiger partial charge in [0.15, 0.2) is 0 Å². The summed E-state index contributed by atoms with van der Waals surface area (Å²) in [4.78, 5) is 16.9. The molecule has 3 heteroatoms. The van der Waals surface area contributed by atoms with Gasteiger partial charge in [0.25, 0.3) is 5.91 Å². The zero-order valence-electron chi connectivity index (χ0n) is 3.59. The summed E-state index contributed by atoms with van der Waals surface area (Å²) in [6.45, 7) is 0. The van der Waals surface area contributed by atoms with Crippen molar-refractivity contribution in [3.8, 4) is 0 Å². The van der Waals surface area contributed by atoms with E-state index >= 15 is 0 Å². The van der Waals surface area contributed by atoms with Gasteiger partial charge < -0.3 is 0 Å². The van der Waals surface area contributed by atoms with Crippen LogP contribution < -0.4 is 0 Å². The van der Waals surface area contributed by atoms with Crippen LogP contribution in [0.4, 0.5) is 0 Å². The van der Waals surface area contributed by atoms with Crippen molar-refractivity contribution in [2.45, 2.75) is 6.42 Å². The van der Waals surface area contributed by atoms with Crippen LogP contribution in [0.5, 0.6) is 0 Å². The SMILES string of the molecule is O=C1CC=N[C]=N1. The van der Waals surface area contributed by atoms with Crippen molar-refractivity contribution in [3.63, 3.8) is 0 Å². The molecule has 35 valence electrons. The fourth-order valence-corrected chi connectivity index (χ4v) is 0.295. The fraction of sp³-hybridized carbons (Fsp3) is 0.250. The Morgan fingerprint density at radius 3 is 3.00 bits per heavy atom. The molecule has 0 saturated carbocycles. The molecule has 3 nitrogen and oxygen atoms in total. The number of hydrogen-bond acceptors (Lipinski definition) is 2. The average molecular weight is 95.1 g/mol. The van der Waals surface area contributed by atoms with E-state index < -0.39 is 0 Å². The second-order valence-corrected chi connectivity index (χ2v) is 1.12. The largest absolute Gasteiger partial charge is 0.272 e. The zero-order valence-corrected chi connectivity index (χ0v) is 3.59. The van der Waals surface area contributed by atoms with Crippen LogP contribution in [0, 0.1) is 0 Å². The standard InChI is InChI=1S/C4H3N2O/c7-4-1-2-5-3-6-4/h2H,1H2. The van der Waals surface area contributed by atoms with Crippen LogP contribution in [-0.4, -0.2) is 18.5 Å². The predicted molar refractivity (Wildman–Crippen MR) is 25.6 cm³/mol. The van der Waals surface area contributed by atoms with Crippen molar-refractivity contribution >= 4 is 18.5 Å². The summed E-state index contributed by atoms with van der Waals surface area (Å²) >= 11 is 0. The molecular weight excluding hydrogens is 92.1 g/mol. The minimum atomic E-state index is -0.171. The van der Waals surface area contributed by atoms with E-state index in [4.69, 9.17) is 0 Å². The lowest BCUT2D eigenvalue weighted by Crippen LogP contribution is -1.97. The molecule has 0 aromatic heterocycles. The van der Waals surface area contributed by atoms with Gasteiger partial charge in [-0.1, -0.05) is 0 Å². The van der Waals surface area contributed by atoms with Gasteiger partial charge in [0.2, 0.25) is 6.34 Å². The Morgan fingerprint density at radius 2 is 2.71 bits per heavy atom. The Kier molecular flexibility index (Phi) is 0.978.